The van der Waals surface area contributed by atoms with Crippen molar-refractivity contribution in [2.45, 2.75) is 31.7 Å². The van der Waals surface area contributed by atoms with Gasteiger partial charge >= 0.3 is 0 Å². The summed E-state index contributed by atoms with van der Waals surface area (Å²) in [4.78, 5) is 2.51. The number of piperidine rings is 1. The standard InChI is InChI=1S/C15H24N2O/c18-13-5-4-10-17-11-8-15(9-12-17)16-14-6-2-1-3-7-14/h1-3,6-7,15-16,18H,4-5,8-13H2. The monoisotopic (exact) mass is 248 g/mol. The third-order valence-corrected chi connectivity index (χ3v) is 3.61. The number of rotatable bonds is 6. The van der Waals surface area contributed by atoms with Gasteiger partial charge in [-0.2, -0.15) is 0 Å². The Kier molecular flexibility index (Phi) is 5.49. The maximum absolute atomic E-state index is 8.77. The van der Waals surface area contributed by atoms with E-state index in [1.54, 1.807) is 0 Å². The second kappa shape index (κ2) is 7.39. The van der Waals surface area contributed by atoms with Crippen molar-refractivity contribution < 1.29 is 5.11 Å². The minimum atomic E-state index is 0.325. The number of aliphatic hydroxyl groups excluding tert-OH is 1. The summed E-state index contributed by atoms with van der Waals surface area (Å²) in [5.41, 5.74) is 1.23. The van der Waals surface area contributed by atoms with Crippen molar-refractivity contribution in [2.75, 3.05) is 31.6 Å². The fourth-order valence-corrected chi connectivity index (χ4v) is 2.52. The van der Waals surface area contributed by atoms with E-state index in [2.05, 4.69) is 40.5 Å². The van der Waals surface area contributed by atoms with Crippen LogP contribution in [-0.2, 0) is 0 Å². The Morgan fingerprint density at radius 2 is 1.83 bits per heavy atom. The Balaban J connectivity index is 1.67. The molecule has 0 radical (unpaired) electrons. The van der Waals surface area contributed by atoms with E-state index in [9.17, 15) is 0 Å². The topological polar surface area (TPSA) is 35.5 Å². The highest BCUT2D eigenvalue weighted by Crippen LogP contribution is 2.16. The van der Waals surface area contributed by atoms with Crippen LogP contribution in [0.5, 0.6) is 0 Å². The van der Waals surface area contributed by atoms with E-state index in [0.717, 1.165) is 19.4 Å². The minimum absolute atomic E-state index is 0.325. The van der Waals surface area contributed by atoms with Crippen molar-refractivity contribution in [3.8, 4) is 0 Å². The number of benzene rings is 1. The second-order valence-electron chi connectivity index (χ2n) is 5.06. The van der Waals surface area contributed by atoms with Gasteiger partial charge in [-0.1, -0.05) is 18.2 Å². The van der Waals surface area contributed by atoms with E-state index in [0.29, 0.717) is 12.6 Å². The first-order valence-corrected chi connectivity index (χ1v) is 7.03. The van der Waals surface area contributed by atoms with Crippen LogP contribution in [-0.4, -0.2) is 42.3 Å². The van der Waals surface area contributed by atoms with Gasteiger partial charge in [0.05, 0.1) is 0 Å². The van der Waals surface area contributed by atoms with Gasteiger partial charge in [-0.15, -0.1) is 0 Å². The molecule has 2 rings (SSSR count). The summed E-state index contributed by atoms with van der Waals surface area (Å²) in [5, 5.41) is 12.4. The second-order valence-corrected chi connectivity index (χ2v) is 5.06. The maximum atomic E-state index is 8.77. The molecule has 0 aromatic heterocycles. The first-order valence-electron chi connectivity index (χ1n) is 7.03. The Morgan fingerprint density at radius 3 is 2.50 bits per heavy atom. The van der Waals surface area contributed by atoms with Crippen LogP contribution in [0.15, 0.2) is 30.3 Å². The summed E-state index contributed by atoms with van der Waals surface area (Å²) in [5.74, 6) is 0. The highest BCUT2D eigenvalue weighted by Gasteiger charge is 2.18. The number of hydrogen-bond acceptors (Lipinski definition) is 3. The highest BCUT2D eigenvalue weighted by atomic mass is 16.2. The molecule has 0 amide bonds. The van der Waals surface area contributed by atoms with Gasteiger partial charge in [0.2, 0.25) is 0 Å². The first kappa shape index (κ1) is 13.4. The Labute approximate surface area is 110 Å². The molecule has 0 saturated carbocycles. The fraction of sp³-hybridized carbons (Fsp3) is 0.600. The largest absolute Gasteiger partial charge is 0.396 e. The van der Waals surface area contributed by atoms with Gasteiger partial charge in [0.25, 0.3) is 0 Å². The number of hydrogen-bond donors (Lipinski definition) is 2. The quantitative estimate of drug-likeness (QED) is 0.759. The van der Waals surface area contributed by atoms with Crippen molar-refractivity contribution in [1.29, 1.82) is 0 Å². The van der Waals surface area contributed by atoms with Crippen molar-refractivity contribution in [3.05, 3.63) is 30.3 Å². The third-order valence-electron chi connectivity index (χ3n) is 3.61. The Hall–Kier alpha value is -1.06. The molecule has 1 aromatic carbocycles. The average molecular weight is 248 g/mol. The van der Waals surface area contributed by atoms with E-state index >= 15 is 0 Å². The number of anilines is 1. The number of likely N-dealkylation sites (tertiary alicyclic amines) is 1. The summed E-state index contributed by atoms with van der Waals surface area (Å²) in [7, 11) is 0. The highest BCUT2D eigenvalue weighted by molar-refractivity contribution is 5.43. The molecule has 0 bridgehead atoms. The van der Waals surface area contributed by atoms with E-state index < -0.39 is 0 Å². The van der Waals surface area contributed by atoms with Crippen LogP contribution in [0.3, 0.4) is 0 Å². The van der Waals surface area contributed by atoms with Gasteiger partial charge in [-0.3, -0.25) is 0 Å². The summed E-state index contributed by atoms with van der Waals surface area (Å²) in [6, 6.07) is 11.1. The Bertz CT molecular complexity index is 321. The van der Waals surface area contributed by atoms with Crippen LogP contribution in [0.25, 0.3) is 0 Å². The van der Waals surface area contributed by atoms with Crippen LogP contribution in [0.4, 0.5) is 5.69 Å². The normalized spacial score (nSPS) is 17.8. The van der Waals surface area contributed by atoms with Gasteiger partial charge in [0.1, 0.15) is 0 Å². The van der Waals surface area contributed by atoms with Gasteiger partial charge in [-0.05, 0) is 44.4 Å². The zero-order valence-electron chi connectivity index (χ0n) is 11.0. The summed E-state index contributed by atoms with van der Waals surface area (Å²) < 4.78 is 0. The molecule has 0 unspecified atom stereocenters. The van der Waals surface area contributed by atoms with Crippen LogP contribution >= 0.6 is 0 Å². The summed E-state index contributed by atoms with van der Waals surface area (Å²) in [6.45, 7) is 3.82. The molecule has 100 valence electrons. The number of para-hydroxylation sites is 1. The smallest absolute Gasteiger partial charge is 0.0431 e. The lowest BCUT2D eigenvalue weighted by molar-refractivity contribution is 0.205. The average Bonchev–Trinajstić information content (AvgIpc) is 2.42. The van der Waals surface area contributed by atoms with Gasteiger partial charge in [0.15, 0.2) is 0 Å². The number of aliphatic hydroxyl groups is 1. The molecule has 18 heavy (non-hydrogen) atoms. The molecule has 1 aliphatic rings. The Morgan fingerprint density at radius 1 is 1.11 bits per heavy atom. The number of nitrogens with one attached hydrogen (secondary N) is 1. The molecule has 1 saturated heterocycles. The first-order chi connectivity index (χ1) is 8.88. The molecule has 1 heterocycles. The summed E-state index contributed by atoms with van der Waals surface area (Å²) >= 11 is 0. The lowest BCUT2D eigenvalue weighted by Crippen LogP contribution is -2.39. The number of nitrogens with zero attached hydrogens (tertiary/aromatic N) is 1. The van der Waals surface area contributed by atoms with Crippen molar-refractivity contribution in [1.82, 2.24) is 4.90 Å². The molecular formula is C15H24N2O. The molecule has 3 heteroatoms. The summed E-state index contributed by atoms with van der Waals surface area (Å²) in [6.07, 6.45) is 4.48. The molecule has 1 aliphatic heterocycles. The molecule has 1 fully saturated rings. The van der Waals surface area contributed by atoms with Crippen LogP contribution in [0.1, 0.15) is 25.7 Å². The third kappa shape index (κ3) is 4.31. The lowest BCUT2D eigenvalue weighted by Gasteiger charge is -2.32. The minimum Gasteiger partial charge on any atom is -0.396 e. The van der Waals surface area contributed by atoms with Crippen LogP contribution in [0, 0.1) is 0 Å². The predicted octanol–water partition coefficient (Wildman–Crippen LogP) is 2.34. The number of unbranched alkanes of at least 4 members (excludes halogenated alkanes) is 1. The maximum Gasteiger partial charge on any atom is 0.0431 e. The molecule has 3 nitrogen and oxygen atoms in total. The van der Waals surface area contributed by atoms with E-state index in [1.807, 2.05) is 0 Å². The zero-order valence-corrected chi connectivity index (χ0v) is 11.0. The van der Waals surface area contributed by atoms with Crippen LogP contribution in [0.2, 0.25) is 0 Å². The molecule has 1 aromatic rings. The van der Waals surface area contributed by atoms with E-state index in [1.165, 1.54) is 31.6 Å². The predicted molar refractivity (Wildman–Crippen MR) is 75.8 cm³/mol. The zero-order chi connectivity index (χ0) is 12.6. The molecule has 0 atom stereocenters. The van der Waals surface area contributed by atoms with Crippen molar-refractivity contribution >= 4 is 5.69 Å². The molecule has 0 spiro atoms. The van der Waals surface area contributed by atoms with Crippen LogP contribution < -0.4 is 5.32 Å². The lowest BCUT2D eigenvalue weighted by atomic mass is 10.0. The van der Waals surface area contributed by atoms with Crippen molar-refractivity contribution in [3.63, 3.8) is 0 Å². The van der Waals surface area contributed by atoms with E-state index in [-0.39, 0.29) is 0 Å². The molecular weight excluding hydrogens is 224 g/mol. The fourth-order valence-electron chi connectivity index (χ4n) is 2.52. The van der Waals surface area contributed by atoms with E-state index in [4.69, 9.17) is 5.11 Å². The van der Waals surface area contributed by atoms with Gasteiger partial charge in [0, 0.05) is 31.4 Å². The van der Waals surface area contributed by atoms with Crippen molar-refractivity contribution in [2.24, 2.45) is 0 Å². The molecule has 2 N–H and O–H groups in total. The van der Waals surface area contributed by atoms with Gasteiger partial charge in [-0.25, -0.2) is 0 Å². The SMILES string of the molecule is OCCCCN1CCC(Nc2ccccc2)CC1. The van der Waals surface area contributed by atoms with Gasteiger partial charge < -0.3 is 15.3 Å². The molecule has 0 aliphatic carbocycles.